The van der Waals surface area contributed by atoms with Gasteiger partial charge in [-0.05, 0) is 63.1 Å². The third kappa shape index (κ3) is 6.78. The smallest absolute Gasteiger partial charge is 0.242 e. The van der Waals surface area contributed by atoms with Crippen molar-refractivity contribution in [3.63, 3.8) is 0 Å². The fraction of sp³-hybridized carbons (Fsp3) is 0.448. The molecule has 10 nitrogen and oxygen atoms in total. The highest BCUT2D eigenvalue weighted by atomic mass is 35.5. The van der Waals surface area contributed by atoms with Gasteiger partial charge in [-0.3, -0.25) is 4.90 Å². The highest BCUT2D eigenvalue weighted by Crippen LogP contribution is 2.32. The standard InChI is InChI=1S/C29H36ClFN8O2S/c1-37-14-16-38(17-15-37)22-10-12-39(13-11-22)26-9-8-21(18-24(26)31)33-29-32-19-23(30)28(35-29)34-25-4-2-3-5-27(25)42(40,41)36-20-6-7-20/h2-5,8-9,18-20,22,36H,6-7,10-17H2,1H3,(H2,32,33,34,35). The molecule has 3 heterocycles. The van der Waals surface area contributed by atoms with Gasteiger partial charge in [-0.25, -0.2) is 22.5 Å². The van der Waals surface area contributed by atoms with E-state index in [2.05, 4.69) is 47.1 Å². The van der Waals surface area contributed by atoms with Crippen LogP contribution in [0.25, 0.3) is 0 Å². The van der Waals surface area contributed by atoms with Gasteiger partial charge in [0, 0.05) is 57.0 Å². The summed E-state index contributed by atoms with van der Waals surface area (Å²) in [6.45, 7) is 6.05. The number of anilines is 5. The first-order valence-electron chi connectivity index (χ1n) is 14.4. The second-order valence-corrected chi connectivity index (χ2v) is 13.3. The van der Waals surface area contributed by atoms with Crippen molar-refractivity contribution in [2.45, 2.75) is 42.7 Å². The van der Waals surface area contributed by atoms with E-state index in [-0.39, 0.29) is 33.5 Å². The van der Waals surface area contributed by atoms with Crippen LogP contribution in [0, 0.1) is 5.82 Å². The minimum absolute atomic E-state index is 0.0257. The monoisotopic (exact) mass is 614 g/mol. The topological polar surface area (TPSA) is 106 Å². The zero-order valence-corrected chi connectivity index (χ0v) is 25.1. The summed E-state index contributed by atoms with van der Waals surface area (Å²) in [5.41, 5.74) is 1.42. The van der Waals surface area contributed by atoms with Crippen molar-refractivity contribution < 1.29 is 12.8 Å². The van der Waals surface area contributed by atoms with Crippen molar-refractivity contribution in [3.05, 3.63) is 59.5 Å². The molecule has 1 aliphatic carbocycles. The summed E-state index contributed by atoms with van der Waals surface area (Å²) < 4.78 is 43.7. The molecule has 224 valence electrons. The quantitative estimate of drug-likeness (QED) is 0.323. The van der Waals surface area contributed by atoms with Gasteiger partial charge in [0.25, 0.3) is 0 Å². The Kier molecular flexibility index (Phi) is 8.51. The van der Waals surface area contributed by atoms with Crippen molar-refractivity contribution in [1.29, 1.82) is 0 Å². The van der Waals surface area contributed by atoms with Crippen LogP contribution in [0.3, 0.4) is 0 Å². The van der Waals surface area contributed by atoms with Crippen molar-refractivity contribution in [2.24, 2.45) is 0 Å². The van der Waals surface area contributed by atoms with E-state index in [0.29, 0.717) is 23.1 Å². The van der Waals surface area contributed by atoms with Crippen molar-refractivity contribution in [1.82, 2.24) is 24.5 Å². The number of piperidine rings is 1. The zero-order chi connectivity index (χ0) is 29.3. The van der Waals surface area contributed by atoms with Gasteiger partial charge in [0.1, 0.15) is 15.7 Å². The van der Waals surface area contributed by atoms with Crippen LogP contribution in [-0.4, -0.2) is 86.6 Å². The Bertz CT molecular complexity index is 1520. The Labute approximate surface area is 251 Å². The average Bonchev–Trinajstić information content (AvgIpc) is 3.79. The van der Waals surface area contributed by atoms with Crippen LogP contribution in [0.15, 0.2) is 53.6 Å². The van der Waals surface area contributed by atoms with E-state index in [1.54, 1.807) is 24.3 Å². The molecule has 3 fully saturated rings. The molecule has 2 aliphatic heterocycles. The van der Waals surface area contributed by atoms with Crippen LogP contribution < -0.4 is 20.3 Å². The highest BCUT2D eigenvalue weighted by Gasteiger charge is 2.30. The lowest BCUT2D eigenvalue weighted by molar-refractivity contribution is 0.0981. The van der Waals surface area contributed by atoms with E-state index in [1.807, 2.05) is 6.07 Å². The number of halogens is 2. The van der Waals surface area contributed by atoms with Gasteiger partial charge in [-0.15, -0.1) is 0 Å². The summed E-state index contributed by atoms with van der Waals surface area (Å²) in [6.07, 6.45) is 5.13. The second kappa shape index (κ2) is 12.3. The lowest BCUT2D eigenvalue weighted by Crippen LogP contribution is -2.52. The molecule has 2 aromatic carbocycles. The average molecular weight is 615 g/mol. The summed E-state index contributed by atoms with van der Waals surface area (Å²) in [5.74, 6) is 0.106. The first-order chi connectivity index (χ1) is 20.2. The molecule has 42 heavy (non-hydrogen) atoms. The molecular formula is C29H36ClFN8O2S. The highest BCUT2D eigenvalue weighted by molar-refractivity contribution is 7.89. The Morgan fingerprint density at radius 3 is 2.40 bits per heavy atom. The van der Waals surface area contributed by atoms with Gasteiger partial charge in [-0.2, -0.15) is 4.98 Å². The molecule has 3 aromatic rings. The number of piperazine rings is 1. The zero-order valence-electron chi connectivity index (χ0n) is 23.6. The second-order valence-electron chi connectivity index (χ2n) is 11.3. The van der Waals surface area contributed by atoms with Gasteiger partial charge in [-0.1, -0.05) is 23.7 Å². The molecule has 0 spiro atoms. The molecule has 3 N–H and O–H groups in total. The number of aromatic nitrogens is 2. The Balaban J connectivity index is 1.11. The van der Waals surface area contributed by atoms with Crippen LogP contribution >= 0.6 is 11.6 Å². The molecule has 13 heteroatoms. The fourth-order valence-electron chi connectivity index (χ4n) is 5.56. The van der Waals surface area contributed by atoms with E-state index in [9.17, 15) is 8.42 Å². The van der Waals surface area contributed by atoms with Gasteiger partial charge in [0.2, 0.25) is 16.0 Å². The molecule has 0 radical (unpaired) electrons. The SMILES string of the molecule is CN1CCN(C2CCN(c3ccc(Nc4ncc(Cl)c(Nc5ccccc5S(=O)(=O)NC5CC5)n4)cc3F)CC2)CC1. The largest absolute Gasteiger partial charge is 0.369 e. The first kappa shape index (κ1) is 29.1. The molecule has 1 saturated carbocycles. The minimum atomic E-state index is -3.71. The maximum absolute atomic E-state index is 15.3. The van der Waals surface area contributed by atoms with Crippen LogP contribution in [0.1, 0.15) is 25.7 Å². The third-order valence-electron chi connectivity index (χ3n) is 8.14. The van der Waals surface area contributed by atoms with Gasteiger partial charge in [0.05, 0.1) is 17.6 Å². The Morgan fingerprint density at radius 2 is 1.69 bits per heavy atom. The summed E-state index contributed by atoms with van der Waals surface area (Å²) in [4.78, 5) is 15.8. The lowest BCUT2D eigenvalue weighted by atomic mass is 10.0. The van der Waals surface area contributed by atoms with Crippen LogP contribution in [0.5, 0.6) is 0 Å². The fourth-order valence-corrected chi connectivity index (χ4v) is 7.17. The molecule has 2 saturated heterocycles. The Morgan fingerprint density at radius 1 is 0.952 bits per heavy atom. The first-order valence-corrected chi connectivity index (χ1v) is 16.3. The molecule has 6 rings (SSSR count). The molecule has 0 bridgehead atoms. The van der Waals surface area contributed by atoms with Crippen molar-refractivity contribution >= 4 is 50.5 Å². The minimum Gasteiger partial charge on any atom is -0.369 e. The lowest BCUT2D eigenvalue weighted by Gasteiger charge is -2.42. The third-order valence-corrected chi connectivity index (χ3v) is 9.99. The number of nitrogens with zero attached hydrogens (tertiary/aromatic N) is 5. The predicted molar refractivity (Wildman–Crippen MR) is 164 cm³/mol. The number of likely N-dealkylation sites (N-methyl/N-ethyl adjacent to an activating group) is 1. The number of sulfonamides is 1. The maximum Gasteiger partial charge on any atom is 0.242 e. The molecule has 0 unspecified atom stereocenters. The number of para-hydroxylation sites is 1. The van der Waals surface area contributed by atoms with Gasteiger partial charge >= 0.3 is 0 Å². The van der Waals surface area contributed by atoms with Crippen molar-refractivity contribution in [3.8, 4) is 0 Å². The summed E-state index contributed by atoms with van der Waals surface area (Å²) in [5, 5.41) is 6.28. The molecule has 0 amide bonds. The van der Waals surface area contributed by atoms with E-state index in [0.717, 1.165) is 65.0 Å². The number of hydrogen-bond donors (Lipinski definition) is 3. The summed E-state index contributed by atoms with van der Waals surface area (Å²) in [7, 11) is -1.55. The summed E-state index contributed by atoms with van der Waals surface area (Å²) >= 11 is 6.36. The molecular weight excluding hydrogens is 579 g/mol. The molecule has 1 aromatic heterocycles. The van der Waals surface area contributed by atoms with Gasteiger partial charge < -0.3 is 20.4 Å². The number of nitrogens with one attached hydrogen (secondary N) is 3. The van der Waals surface area contributed by atoms with Crippen molar-refractivity contribution in [2.75, 3.05) is 61.8 Å². The Hall–Kier alpha value is -3.03. The molecule has 0 atom stereocenters. The van der Waals surface area contributed by atoms with E-state index in [1.165, 1.54) is 18.3 Å². The van der Waals surface area contributed by atoms with Gasteiger partial charge in [0.15, 0.2) is 5.82 Å². The van der Waals surface area contributed by atoms with E-state index in [4.69, 9.17) is 11.6 Å². The number of rotatable bonds is 9. The number of hydrogen-bond acceptors (Lipinski definition) is 9. The number of benzene rings is 2. The maximum atomic E-state index is 15.3. The van der Waals surface area contributed by atoms with E-state index >= 15 is 4.39 Å². The predicted octanol–water partition coefficient (Wildman–Crippen LogP) is 4.41. The normalized spacial score (nSPS) is 19.2. The summed E-state index contributed by atoms with van der Waals surface area (Å²) in [6, 6.07) is 12.1. The van der Waals surface area contributed by atoms with E-state index < -0.39 is 10.0 Å². The van der Waals surface area contributed by atoms with Crippen LogP contribution in [0.4, 0.5) is 33.2 Å². The van der Waals surface area contributed by atoms with Crippen LogP contribution in [-0.2, 0) is 10.0 Å². The van der Waals surface area contributed by atoms with Crippen LogP contribution in [0.2, 0.25) is 5.02 Å². The molecule has 3 aliphatic rings.